The lowest BCUT2D eigenvalue weighted by molar-refractivity contribution is -0.119. The Morgan fingerprint density at radius 3 is 2.38 bits per heavy atom. The molecule has 29 heavy (non-hydrogen) atoms. The third kappa shape index (κ3) is 4.53. The van der Waals surface area contributed by atoms with Gasteiger partial charge in [0.25, 0.3) is 5.56 Å². The van der Waals surface area contributed by atoms with E-state index in [-0.39, 0.29) is 23.3 Å². The van der Waals surface area contributed by atoms with Crippen LogP contribution in [0.4, 0.5) is 0 Å². The Bertz CT molecular complexity index is 1080. The molecule has 0 aliphatic heterocycles. The van der Waals surface area contributed by atoms with Crippen LogP contribution in [0.25, 0.3) is 16.6 Å². The molecule has 152 valence electrons. The molecule has 0 aliphatic carbocycles. The SMILES string of the molecule is Cc1cccc(C)c1-n1c(SCC(=O)N[C@H](C)C(C)C)nc2ccccc2c1=O. The summed E-state index contributed by atoms with van der Waals surface area (Å²) in [5.41, 5.74) is 3.33. The smallest absolute Gasteiger partial charge is 0.266 e. The van der Waals surface area contributed by atoms with E-state index in [2.05, 4.69) is 19.2 Å². The first kappa shape index (κ1) is 21.1. The quantitative estimate of drug-likeness (QED) is 0.488. The number of nitrogens with zero attached hydrogens (tertiary/aromatic N) is 2. The zero-order valence-corrected chi connectivity index (χ0v) is 18.3. The second kappa shape index (κ2) is 8.82. The summed E-state index contributed by atoms with van der Waals surface area (Å²) in [6.45, 7) is 10.1. The lowest BCUT2D eigenvalue weighted by Crippen LogP contribution is -2.37. The molecule has 5 nitrogen and oxygen atoms in total. The van der Waals surface area contributed by atoms with Gasteiger partial charge in [-0.25, -0.2) is 4.98 Å². The van der Waals surface area contributed by atoms with E-state index in [0.717, 1.165) is 16.8 Å². The zero-order valence-electron chi connectivity index (χ0n) is 17.5. The van der Waals surface area contributed by atoms with Crippen LogP contribution in [0.2, 0.25) is 0 Å². The van der Waals surface area contributed by atoms with E-state index in [1.54, 1.807) is 10.6 Å². The van der Waals surface area contributed by atoms with Crippen molar-refractivity contribution in [2.24, 2.45) is 5.92 Å². The summed E-state index contributed by atoms with van der Waals surface area (Å²) < 4.78 is 1.65. The molecule has 1 amide bonds. The van der Waals surface area contributed by atoms with Gasteiger partial charge in [0.05, 0.1) is 22.3 Å². The molecular weight excluding hydrogens is 382 g/mol. The average molecular weight is 410 g/mol. The third-order valence-corrected chi connectivity index (χ3v) is 6.07. The number of rotatable bonds is 6. The minimum atomic E-state index is -0.119. The highest BCUT2D eigenvalue weighted by molar-refractivity contribution is 7.99. The van der Waals surface area contributed by atoms with Crippen molar-refractivity contribution in [1.82, 2.24) is 14.9 Å². The molecule has 0 radical (unpaired) electrons. The standard InChI is InChI=1S/C23H27N3O2S/c1-14(2)17(5)24-20(27)13-29-23-25-19-12-7-6-11-18(19)22(28)26(23)21-15(3)9-8-10-16(21)4/h6-12,14,17H,13H2,1-5H3,(H,24,27)/t17-/m1/s1. The predicted molar refractivity (Wildman–Crippen MR) is 120 cm³/mol. The van der Waals surface area contributed by atoms with Crippen LogP contribution in [0.15, 0.2) is 52.4 Å². The molecule has 0 unspecified atom stereocenters. The molecule has 1 heterocycles. The van der Waals surface area contributed by atoms with Crippen molar-refractivity contribution in [1.29, 1.82) is 0 Å². The van der Waals surface area contributed by atoms with Gasteiger partial charge in [-0.05, 0) is 49.9 Å². The highest BCUT2D eigenvalue weighted by atomic mass is 32.2. The summed E-state index contributed by atoms with van der Waals surface area (Å²) in [5.74, 6) is 0.495. The molecule has 3 aromatic rings. The Labute approximate surface area is 175 Å². The van der Waals surface area contributed by atoms with Crippen molar-refractivity contribution >= 4 is 28.6 Å². The van der Waals surface area contributed by atoms with Gasteiger partial charge in [-0.3, -0.25) is 14.2 Å². The lowest BCUT2D eigenvalue weighted by atomic mass is 10.1. The van der Waals surface area contributed by atoms with Gasteiger partial charge in [0.2, 0.25) is 5.91 Å². The van der Waals surface area contributed by atoms with E-state index in [1.807, 2.05) is 57.2 Å². The molecule has 0 saturated carbocycles. The Hall–Kier alpha value is -2.60. The number of benzene rings is 2. The lowest BCUT2D eigenvalue weighted by Gasteiger charge is -2.19. The van der Waals surface area contributed by atoms with Gasteiger partial charge >= 0.3 is 0 Å². The number of aryl methyl sites for hydroxylation is 2. The van der Waals surface area contributed by atoms with Crippen molar-refractivity contribution in [3.8, 4) is 5.69 Å². The summed E-state index contributed by atoms with van der Waals surface area (Å²) in [4.78, 5) is 30.5. The molecular formula is C23H27N3O2S. The number of carbonyl (C=O) groups excluding carboxylic acids is 1. The highest BCUT2D eigenvalue weighted by Crippen LogP contribution is 2.25. The summed E-state index contributed by atoms with van der Waals surface area (Å²) in [5, 5.41) is 4.10. The van der Waals surface area contributed by atoms with Gasteiger partial charge in [-0.15, -0.1) is 0 Å². The molecule has 3 rings (SSSR count). The minimum absolute atomic E-state index is 0.0633. The van der Waals surface area contributed by atoms with Crippen LogP contribution in [-0.2, 0) is 4.79 Å². The van der Waals surface area contributed by atoms with Crippen LogP contribution in [-0.4, -0.2) is 27.3 Å². The van der Waals surface area contributed by atoms with Crippen LogP contribution in [0, 0.1) is 19.8 Å². The fourth-order valence-electron chi connectivity index (χ4n) is 3.16. The molecule has 0 saturated heterocycles. The first-order valence-corrected chi connectivity index (χ1v) is 10.8. The molecule has 0 fully saturated rings. The van der Waals surface area contributed by atoms with Gasteiger partial charge in [-0.1, -0.05) is 55.9 Å². The van der Waals surface area contributed by atoms with Crippen LogP contribution in [0.1, 0.15) is 31.9 Å². The van der Waals surface area contributed by atoms with Crippen LogP contribution in [0.3, 0.4) is 0 Å². The molecule has 1 aromatic heterocycles. The van der Waals surface area contributed by atoms with Gasteiger partial charge in [0, 0.05) is 6.04 Å². The molecule has 2 aromatic carbocycles. The number of amides is 1. The van der Waals surface area contributed by atoms with E-state index in [9.17, 15) is 9.59 Å². The van der Waals surface area contributed by atoms with Crippen molar-refractivity contribution in [3.05, 3.63) is 63.9 Å². The Kier molecular flexibility index (Phi) is 6.42. The summed E-state index contributed by atoms with van der Waals surface area (Å²) in [7, 11) is 0. The monoisotopic (exact) mass is 409 g/mol. The maximum absolute atomic E-state index is 13.4. The number of hydrogen-bond donors (Lipinski definition) is 1. The van der Waals surface area contributed by atoms with Crippen LogP contribution < -0.4 is 10.9 Å². The Morgan fingerprint density at radius 1 is 1.07 bits per heavy atom. The van der Waals surface area contributed by atoms with Gasteiger partial charge in [0.15, 0.2) is 5.16 Å². The third-order valence-electron chi connectivity index (χ3n) is 5.13. The van der Waals surface area contributed by atoms with E-state index in [1.165, 1.54) is 11.8 Å². The normalized spacial score (nSPS) is 12.3. The maximum Gasteiger partial charge on any atom is 0.266 e. The van der Waals surface area contributed by atoms with E-state index < -0.39 is 0 Å². The van der Waals surface area contributed by atoms with Crippen molar-refractivity contribution < 1.29 is 4.79 Å². The molecule has 0 aliphatic rings. The Balaban J connectivity index is 2.06. The van der Waals surface area contributed by atoms with Crippen molar-refractivity contribution in [3.63, 3.8) is 0 Å². The van der Waals surface area contributed by atoms with Gasteiger partial charge in [-0.2, -0.15) is 0 Å². The summed E-state index contributed by atoms with van der Waals surface area (Å²) >= 11 is 1.29. The number of carbonyl (C=O) groups is 1. The second-order valence-electron chi connectivity index (χ2n) is 7.68. The zero-order chi connectivity index (χ0) is 21.1. The number of thioether (sulfide) groups is 1. The highest BCUT2D eigenvalue weighted by Gasteiger charge is 2.18. The predicted octanol–water partition coefficient (Wildman–Crippen LogP) is 4.26. The molecule has 0 bridgehead atoms. The van der Waals surface area contributed by atoms with Crippen LogP contribution >= 0.6 is 11.8 Å². The number of nitrogens with one attached hydrogen (secondary N) is 1. The fourth-order valence-corrected chi connectivity index (χ4v) is 3.97. The van der Waals surface area contributed by atoms with Crippen molar-refractivity contribution in [2.45, 2.75) is 45.8 Å². The number of fused-ring (bicyclic) bond motifs is 1. The topological polar surface area (TPSA) is 64.0 Å². The van der Waals surface area contributed by atoms with Gasteiger partial charge in [0.1, 0.15) is 0 Å². The number of aromatic nitrogens is 2. The summed E-state index contributed by atoms with van der Waals surface area (Å²) in [6.07, 6.45) is 0. The average Bonchev–Trinajstić information content (AvgIpc) is 2.68. The largest absolute Gasteiger partial charge is 0.353 e. The molecule has 0 spiro atoms. The molecule has 1 atom stereocenters. The first-order valence-electron chi connectivity index (χ1n) is 9.80. The minimum Gasteiger partial charge on any atom is -0.353 e. The molecule has 1 N–H and O–H groups in total. The number of hydrogen-bond acceptors (Lipinski definition) is 4. The van der Waals surface area contributed by atoms with E-state index in [4.69, 9.17) is 4.98 Å². The van der Waals surface area contributed by atoms with Crippen molar-refractivity contribution in [2.75, 3.05) is 5.75 Å². The fraction of sp³-hybridized carbons (Fsp3) is 0.348. The van der Waals surface area contributed by atoms with Crippen LogP contribution in [0.5, 0.6) is 0 Å². The second-order valence-corrected chi connectivity index (χ2v) is 8.62. The molecule has 6 heteroatoms. The Morgan fingerprint density at radius 2 is 1.72 bits per heavy atom. The number of para-hydroxylation sites is 2. The van der Waals surface area contributed by atoms with Gasteiger partial charge < -0.3 is 5.32 Å². The van der Waals surface area contributed by atoms with E-state index >= 15 is 0 Å². The first-order chi connectivity index (χ1) is 13.8. The maximum atomic E-state index is 13.4. The van der Waals surface area contributed by atoms with E-state index in [0.29, 0.717) is 22.0 Å². The summed E-state index contributed by atoms with van der Waals surface area (Å²) in [6, 6.07) is 13.4.